The van der Waals surface area contributed by atoms with E-state index in [1.165, 1.54) is 0 Å². The Morgan fingerprint density at radius 1 is 1.70 bits per heavy atom. The molecule has 0 saturated carbocycles. The van der Waals surface area contributed by atoms with Gasteiger partial charge in [-0.3, -0.25) is 0 Å². The highest BCUT2D eigenvalue weighted by atomic mass is 127. The minimum atomic E-state index is 0.128. The van der Waals surface area contributed by atoms with E-state index in [9.17, 15) is 0 Å². The number of alkyl halides is 1. The van der Waals surface area contributed by atoms with E-state index in [1.807, 2.05) is 0 Å². The first-order chi connectivity index (χ1) is 4.93. The van der Waals surface area contributed by atoms with Gasteiger partial charge in [0.25, 0.3) is 0 Å². The molecule has 0 aliphatic carbocycles. The highest BCUT2D eigenvalue weighted by Crippen LogP contribution is 1.93. The highest BCUT2D eigenvalue weighted by Gasteiger charge is 2.08. The quantitative estimate of drug-likeness (QED) is 0.382. The molecular formula is C7H10INO. The summed E-state index contributed by atoms with van der Waals surface area (Å²) < 4.78 is 6.23. The maximum atomic E-state index is 5.34. The molecule has 0 radical (unpaired) electrons. The van der Waals surface area contributed by atoms with Gasteiger partial charge in [-0.25, -0.2) is 0 Å². The third-order valence-corrected chi connectivity index (χ3v) is 1.64. The van der Waals surface area contributed by atoms with Crippen molar-refractivity contribution in [2.45, 2.75) is 6.10 Å². The molecule has 1 aliphatic rings. The molecule has 1 heterocycles. The molecule has 1 unspecified atom stereocenters. The zero-order valence-corrected chi connectivity index (χ0v) is 7.85. The molecule has 0 aromatic rings. The van der Waals surface area contributed by atoms with Crippen molar-refractivity contribution in [2.75, 3.05) is 24.1 Å². The molecule has 0 amide bonds. The van der Waals surface area contributed by atoms with Crippen LogP contribution < -0.4 is 5.32 Å². The molecule has 2 nitrogen and oxygen atoms in total. The van der Waals surface area contributed by atoms with Crippen LogP contribution in [0.2, 0.25) is 0 Å². The molecule has 0 bridgehead atoms. The smallest absolute Gasteiger partial charge is 0.130 e. The van der Waals surface area contributed by atoms with Crippen LogP contribution in [0.3, 0.4) is 0 Å². The third kappa shape index (κ3) is 2.86. The van der Waals surface area contributed by atoms with E-state index in [1.54, 1.807) is 0 Å². The summed E-state index contributed by atoms with van der Waals surface area (Å²) in [4.78, 5) is 0. The average Bonchev–Trinajstić information content (AvgIpc) is 2.03. The molecule has 1 aliphatic heterocycles. The zero-order valence-electron chi connectivity index (χ0n) is 5.69. The first-order valence-corrected chi connectivity index (χ1v) is 4.82. The van der Waals surface area contributed by atoms with E-state index in [0.29, 0.717) is 0 Å². The Morgan fingerprint density at radius 3 is 3.20 bits per heavy atom. The second-order valence-corrected chi connectivity index (χ2v) is 2.78. The fourth-order valence-corrected chi connectivity index (χ4v) is 1.03. The van der Waals surface area contributed by atoms with E-state index in [2.05, 4.69) is 39.7 Å². The summed E-state index contributed by atoms with van der Waals surface area (Å²) in [6, 6.07) is 0. The van der Waals surface area contributed by atoms with Crippen LogP contribution in [0.25, 0.3) is 0 Å². The highest BCUT2D eigenvalue weighted by molar-refractivity contribution is 14.1. The van der Waals surface area contributed by atoms with Crippen LogP contribution in [0.4, 0.5) is 0 Å². The standard InChI is InChI=1S/C7H10INO/c8-3-1-2-7-6-9-4-5-10-7/h7,9H,3-6H2. The molecule has 0 spiro atoms. The predicted octanol–water partition coefficient (Wildman–Crippen LogP) is 0.413. The van der Waals surface area contributed by atoms with Crippen molar-refractivity contribution in [1.82, 2.24) is 5.32 Å². The number of ether oxygens (including phenoxy) is 1. The van der Waals surface area contributed by atoms with E-state index in [-0.39, 0.29) is 6.10 Å². The Kier molecular flexibility index (Phi) is 4.10. The SMILES string of the molecule is ICC#CC1CNCCO1. The first-order valence-electron chi connectivity index (χ1n) is 3.30. The number of nitrogens with one attached hydrogen (secondary N) is 1. The number of hydrogen-bond acceptors (Lipinski definition) is 2. The summed E-state index contributed by atoms with van der Waals surface area (Å²) >= 11 is 2.23. The Labute approximate surface area is 74.8 Å². The third-order valence-electron chi connectivity index (χ3n) is 1.26. The van der Waals surface area contributed by atoms with Gasteiger partial charge in [-0.2, -0.15) is 0 Å². The van der Waals surface area contributed by atoms with Gasteiger partial charge in [-0.1, -0.05) is 34.4 Å². The second-order valence-electron chi connectivity index (χ2n) is 2.02. The van der Waals surface area contributed by atoms with Gasteiger partial charge in [-0.15, -0.1) is 0 Å². The summed E-state index contributed by atoms with van der Waals surface area (Å²) in [5, 5.41) is 3.21. The number of hydrogen-bond donors (Lipinski definition) is 1. The molecule has 3 heteroatoms. The monoisotopic (exact) mass is 251 g/mol. The van der Waals surface area contributed by atoms with Crippen molar-refractivity contribution in [3.05, 3.63) is 0 Å². The largest absolute Gasteiger partial charge is 0.363 e. The van der Waals surface area contributed by atoms with Gasteiger partial charge in [-0.05, 0) is 0 Å². The van der Waals surface area contributed by atoms with Crippen LogP contribution in [0.1, 0.15) is 0 Å². The molecule has 1 fully saturated rings. The molecule has 1 N–H and O–H groups in total. The van der Waals surface area contributed by atoms with E-state index >= 15 is 0 Å². The van der Waals surface area contributed by atoms with Crippen LogP contribution >= 0.6 is 22.6 Å². The fourth-order valence-electron chi connectivity index (χ4n) is 0.811. The van der Waals surface area contributed by atoms with E-state index in [0.717, 1.165) is 24.1 Å². The maximum absolute atomic E-state index is 5.34. The molecule has 0 aromatic carbocycles. The van der Waals surface area contributed by atoms with E-state index < -0.39 is 0 Å². The van der Waals surface area contributed by atoms with Crippen molar-refractivity contribution in [2.24, 2.45) is 0 Å². The lowest BCUT2D eigenvalue weighted by molar-refractivity contribution is 0.0651. The average molecular weight is 251 g/mol. The summed E-state index contributed by atoms with van der Waals surface area (Å²) in [7, 11) is 0. The molecule has 10 heavy (non-hydrogen) atoms. The van der Waals surface area contributed by atoms with Crippen molar-refractivity contribution in [3.8, 4) is 11.8 Å². The first kappa shape index (κ1) is 8.31. The Bertz CT molecular complexity index is 143. The summed E-state index contributed by atoms with van der Waals surface area (Å²) in [5.74, 6) is 6.02. The van der Waals surface area contributed by atoms with Crippen molar-refractivity contribution >= 4 is 22.6 Å². The lowest BCUT2D eigenvalue weighted by Crippen LogP contribution is -2.37. The topological polar surface area (TPSA) is 21.3 Å². The summed E-state index contributed by atoms with van der Waals surface area (Å²) in [6.07, 6.45) is 0.128. The van der Waals surface area contributed by atoms with Gasteiger partial charge in [0.2, 0.25) is 0 Å². The van der Waals surface area contributed by atoms with Crippen molar-refractivity contribution < 1.29 is 4.74 Å². The van der Waals surface area contributed by atoms with Crippen LogP contribution in [0, 0.1) is 11.8 Å². The van der Waals surface area contributed by atoms with Crippen LogP contribution in [0.15, 0.2) is 0 Å². The number of rotatable bonds is 0. The maximum Gasteiger partial charge on any atom is 0.130 e. The lowest BCUT2D eigenvalue weighted by Gasteiger charge is -2.18. The minimum absolute atomic E-state index is 0.128. The Balaban J connectivity index is 2.25. The molecule has 1 atom stereocenters. The predicted molar refractivity (Wildman–Crippen MR) is 49.3 cm³/mol. The van der Waals surface area contributed by atoms with Gasteiger partial charge in [0.15, 0.2) is 0 Å². The lowest BCUT2D eigenvalue weighted by atomic mass is 10.3. The molecular weight excluding hydrogens is 241 g/mol. The van der Waals surface area contributed by atoms with Gasteiger partial charge < -0.3 is 10.1 Å². The van der Waals surface area contributed by atoms with Crippen molar-refractivity contribution in [1.29, 1.82) is 0 Å². The number of morpholine rings is 1. The second kappa shape index (κ2) is 4.94. The molecule has 56 valence electrons. The van der Waals surface area contributed by atoms with Crippen LogP contribution in [-0.2, 0) is 4.74 Å². The number of halogens is 1. The van der Waals surface area contributed by atoms with Gasteiger partial charge >= 0.3 is 0 Å². The summed E-state index contributed by atoms with van der Waals surface area (Å²) in [6.45, 7) is 2.63. The Morgan fingerprint density at radius 2 is 2.60 bits per heavy atom. The van der Waals surface area contributed by atoms with Crippen LogP contribution in [0.5, 0.6) is 0 Å². The van der Waals surface area contributed by atoms with Gasteiger partial charge in [0, 0.05) is 13.1 Å². The fraction of sp³-hybridized carbons (Fsp3) is 0.714. The van der Waals surface area contributed by atoms with Gasteiger partial charge in [0.1, 0.15) is 6.10 Å². The van der Waals surface area contributed by atoms with E-state index in [4.69, 9.17) is 4.74 Å². The Hall–Kier alpha value is 0.210. The minimum Gasteiger partial charge on any atom is -0.363 e. The van der Waals surface area contributed by atoms with Crippen molar-refractivity contribution in [3.63, 3.8) is 0 Å². The molecule has 0 aromatic heterocycles. The normalized spacial score (nSPS) is 25.1. The molecule has 1 saturated heterocycles. The van der Waals surface area contributed by atoms with Gasteiger partial charge in [0.05, 0.1) is 11.0 Å². The molecule has 1 rings (SSSR count). The zero-order chi connectivity index (χ0) is 7.23. The van der Waals surface area contributed by atoms with Crippen LogP contribution in [-0.4, -0.2) is 30.2 Å². The summed E-state index contributed by atoms with van der Waals surface area (Å²) in [5.41, 5.74) is 0.